The zero-order valence-corrected chi connectivity index (χ0v) is 26.0. The van der Waals surface area contributed by atoms with E-state index in [9.17, 15) is 14.4 Å². The summed E-state index contributed by atoms with van der Waals surface area (Å²) in [6.45, 7) is 10.7. The molecule has 43 heavy (non-hydrogen) atoms. The van der Waals surface area contributed by atoms with Crippen LogP contribution in [-0.2, 0) is 28.9 Å². The van der Waals surface area contributed by atoms with E-state index < -0.39 is 11.7 Å². The molecule has 3 heterocycles. The van der Waals surface area contributed by atoms with Gasteiger partial charge in [-0.05, 0) is 55.3 Å². The van der Waals surface area contributed by atoms with Crippen LogP contribution in [0.15, 0.2) is 59.4 Å². The Morgan fingerprint density at radius 2 is 1.81 bits per heavy atom. The van der Waals surface area contributed by atoms with Crippen molar-refractivity contribution < 1.29 is 23.9 Å². The van der Waals surface area contributed by atoms with Crippen molar-refractivity contribution in [2.24, 2.45) is 0 Å². The van der Waals surface area contributed by atoms with Crippen LogP contribution in [0.3, 0.4) is 0 Å². The summed E-state index contributed by atoms with van der Waals surface area (Å²) in [6.07, 6.45) is 1.93. The minimum atomic E-state index is -0.622. The fraction of sp³-hybridized carbons (Fsp3) is 0.438. The van der Waals surface area contributed by atoms with E-state index in [1.54, 1.807) is 43.3 Å². The second-order valence-electron chi connectivity index (χ2n) is 11.4. The van der Waals surface area contributed by atoms with E-state index in [2.05, 4.69) is 20.5 Å². The number of carbonyl (C=O) groups is 3. The van der Waals surface area contributed by atoms with E-state index in [0.29, 0.717) is 49.8 Å². The lowest BCUT2D eigenvalue weighted by Crippen LogP contribution is -2.46. The number of amides is 3. The molecule has 2 N–H and O–H groups in total. The number of nitrogens with zero attached hydrogens (tertiary/aromatic N) is 3. The first-order valence-corrected chi connectivity index (χ1v) is 15.5. The second kappa shape index (κ2) is 15.6. The van der Waals surface area contributed by atoms with Crippen molar-refractivity contribution in [3.8, 4) is 0 Å². The number of ketones is 1. The highest BCUT2D eigenvalue weighted by Crippen LogP contribution is 2.23. The number of nitrogens with one attached hydrogen (secondary N) is 2. The van der Waals surface area contributed by atoms with Crippen molar-refractivity contribution in [2.75, 3.05) is 51.3 Å². The van der Waals surface area contributed by atoms with Gasteiger partial charge in [-0.2, -0.15) is 0 Å². The quantitative estimate of drug-likeness (QED) is 0.279. The summed E-state index contributed by atoms with van der Waals surface area (Å²) in [5, 5.41) is 9.40. The minimum absolute atomic E-state index is 0.0937. The molecule has 0 saturated carbocycles. The molecular weight excluding hydrogens is 566 g/mol. The number of anilines is 1. The lowest BCUT2D eigenvalue weighted by atomic mass is 10.1. The van der Waals surface area contributed by atoms with Gasteiger partial charge >= 0.3 is 12.1 Å². The smallest absolute Gasteiger partial charge is 0.412 e. The van der Waals surface area contributed by atoms with Gasteiger partial charge in [-0.1, -0.05) is 36.4 Å². The van der Waals surface area contributed by atoms with Crippen molar-refractivity contribution in [3.63, 3.8) is 0 Å². The number of benzene rings is 1. The molecule has 4 rings (SSSR count). The molecule has 1 aromatic carbocycles. The molecule has 3 amide bonds. The number of ether oxygens (including phenoxy) is 2. The average Bonchev–Trinajstić information content (AvgIpc) is 3.41. The maximum atomic E-state index is 13.2. The number of aromatic nitrogens is 1. The molecule has 3 aromatic rings. The first kappa shape index (κ1) is 32.1. The highest BCUT2D eigenvalue weighted by molar-refractivity contribution is 7.08. The highest BCUT2D eigenvalue weighted by atomic mass is 32.1. The molecule has 0 aliphatic carbocycles. The van der Waals surface area contributed by atoms with Crippen LogP contribution in [0.1, 0.15) is 48.0 Å². The Hall–Kier alpha value is -3.80. The maximum absolute atomic E-state index is 13.2. The summed E-state index contributed by atoms with van der Waals surface area (Å²) in [5.74, 6) is -0.167. The number of hydrogen-bond donors (Lipinski definition) is 2. The van der Waals surface area contributed by atoms with Gasteiger partial charge in [0.2, 0.25) is 0 Å². The molecule has 1 saturated heterocycles. The SMILES string of the molecule is CC(C)(C)OC(=O)Nc1cscc1CC(=O)c1ccc(CN(CCN2CCOCC2)C(=O)NCCc2ccccc2)cn1. The van der Waals surface area contributed by atoms with E-state index >= 15 is 0 Å². The van der Waals surface area contributed by atoms with Crippen LogP contribution in [0.4, 0.5) is 15.3 Å². The number of hydrogen-bond acceptors (Lipinski definition) is 8. The van der Waals surface area contributed by atoms with Gasteiger partial charge in [0.25, 0.3) is 0 Å². The maximum Gasteiger partial charge on any atom is 0.412 e. The fourth-order valence-electron chi connectivity index (χ4n) is 4.56. The summed E-state index contributed by atoms with van der Waals surface area (Å²) in [4.78, 5) is 47.0. The van der Waals surface area contributed by atoms with Crippen molar-refractivity contribution >= 4 is 34.9 Å². The summed E-state index contributed by atoms with van der Waals surface area (Å²) < 4.78 is 10.8. The predicted molar refractivity (Wildman–Crippen MR) is 168 cm³/mol. The summed E-state index contributed by atoms with van der Waals surface area (Å²) in [6, 6.07) is 13.5. The molecule has 11 heteroatoms. The molecule has 0 bridgehead atoms. The molecule has 0 spiro atoms. The number of thiophene rings is 1. The van der Waals surface area contributed by atoms with Gasteiger partial charge in [0.15, 0.2) is 5.78 Å². The van der Waals surface area contributed by atoms with Crippen molar-refractivity contribution in [3.05, 3.63) is 81.8 Å². The van der Waals surface area contributed by atoms with E-state index in [4.69, 9.17) is 9.47 Å². The number of pyridine rings is 1. The van der Waals surface area contributed by atoms with Crippen LogP contribution in [0, 0.1) is 0 Å². The summed E-state index contributed by atoms with van der Waals surface area (Å²) >= 11 is 1.40. The van der Waals surface area contributed by atoms with E-state index in [1.807, 2.05) is 41.8 Å². The van der Waals surface area contributed by atoms with Crippen LogP contribution in [0.25, 0.3) is 0 Å². The monoisotopic (exact) mass is 607 g/mol. The molecule has 2 aromatic heterocycles. The molecular formula is C32H41N5O5S. The predicted octanol–water partition coefficient (Wildman–Crippen LogP) is 5.00. The van der Waals surface area contributed by atoms with E-state index in [0.717, 1.165) is 31.6 Å². The molecule has 1 fully saturated rings. The average molecular weight is 608 g/mol. The summed E-state index contributed by atoms with van der Waals surface area (Å²) in [5.41, 5.74) is 2.96. The molecule has 1 aliphatic heterocycles. The van der Waals surface area contributed by atoms with E-state index in [-0.39, 0.29) is 18.2 Å². The standard InChI is InChI=1S/C32H41N5O5S/c1-32(2,3)42-31(40)35-28-23-43-22-26(28)19-29(38)27-10-9-25(20-34-27)21-37(14-13-36-15-17-41-18-16-36)30(39)33-12-11-24-7-5-4-6-8-24/h4-10,20,22-23H,11-19,21H2,1-3H3,(H,33,39)(H,35,40). The van der Waals surface area contributed by atoms with Crippen LogP contribution in [-0.4, -0.2) is 84.2 Å². The van der Waals surface area contributed by atoms with Gasteiger partial charge in [0.1, 0.15) is 11.3 Å². The Kier molecular flexibility index (Phi) is 11.7. The third-order valence-electron chi connectivity index (χ3n) is 6.82. The molecule has 0 unspecified atom stereocenters. The number of carbonyl (C=O) groups excluding carboxylic acids is 3. The zero-order chi connectivity index (χ0) is 30.7. The van der Waals surface area contributed by atoms with Crippen LogP contribution in [0.2, 0.25) is 0 Å². The lowest BCUT2D eigenvalue weighted by Gasteiger charge is -2.30. The Balaban J connectivity index is 1.35. The molecule has 1 aliphatic rings. The Morgan fingerprint density at radius 1 is 1.05 bits per heavy atom. The van der Waals surface area contributed by atoms with Crippen LogP contribution < -0.4 is 10.6 Å². The zero-order valence-electron chi connectivity index (χ0n) is 25.1. The van der Waals surface area contributed by atoms with Crippen molar-refractivity contribution in [2.45, 2.75) is 45.8 Å². The van der Waals surface area contributed by atoms with Gasteiger partial charge < -0.3 is 19.7 Å². The van der Waals surface area contributed by atoms with Crippen molar-refractivity contribution in [1.82, 2.24) is 20.1 Å². The van der Waals surface area contributed by atoms with Gasteiger partial charge in [-0.3, -0.25) is 20.0 Å². The number of urea groups is 1. The molecule has 0 radical (unpaired) electrons. The van der Waals surface area contributed by atoms with Gasteiger partial charge in [0, 0.05) is 57.3 Å². The third-order valence-corrected chi connectivity index (χ3v) is 7.61. The summed E-state index contributed by atoms with van der Waals surface area (Å²) in [7, 11) is 0. The normalized spacial score (nSPS) is 13.7. The van der Waals surface area contributed by atoms with Crippen molar-refractivity contribution in [1.29, 1.82) is 0 Å². The largest absolute Gasteiger partial charge is 0.444 e. The number of morpholine rings is 1. The molecule has 230 valence electrons. The Bertz CT molecular complexity index is 1330. The Morgan fingerprint density at radius 3 is 2.51 bits per heavy atom. The number of Topliss-reactive ketones (excluding diaryl/α,β-unsaturated/α-hetero) is 1. The highest BCUT2D eigenvalue weighted by Gasteiger charge is 2.20. The third kappa shape index (κ3) is 10.8. The number of rotatable bonds is 12. The first-order valence-electron chi connectivity index (χ1n) is 14.6. The Labute approximate surface area is 257 Å². The lowest BCUT2D eigenvalue weighted by molar-refractivity contribution is 0.0346. The van der Waals surface area contributed by atoms with Gasteiger partial charge in [-0.25, -0.2) is 9.59 Å². The second-order valence-corrected chi connectivity index (χ2v) is 12.2. The first-order chi connectivity index (χ1) is 20.7. The van der Waals surface area contributed by atoms with Gasteiger partial charge in [0.05, 0.1) is 18.9 Å². The van der Waals surface area contributed by atoms with E-state index in [1.165, 1.54) is 16.9 Å². The van der Waals surface area contributed by atoms with Crippen LogP contribution in [0.5, 0.6) is 0 Å². The van der Waals surface area contributed by atoms with Gasteiger partial charge in [-0.15, -0.1) is 11.3 Å². The molecule has 0 atom stereocenters. The molecule has 10 nitrogen and oxygen atoms in total. The minimum Gasteiger partial charge on any atom is -0.444 e. The topological polar surface area (TPSA) is 113 Å². The fourth-order valence-corrected chi connectivity index (χ4v) is 5.35. The van der Waals surface area contributed by atoms with Crippen LogP contribution >= 0.6 is 11.3 Å².